The molecule has 0 aliphatic carbocycles. The van der Waals surface area contributed by atoms with Crippen LogP contribution in [0.25, 0.3) is 0 Å². The van der Waals surface area contributed by atoms with Gasteiger partial charge in [0.2, 0.25) is 0 Å². The molecule has 0 aromatic rings. The SMILES string of the molecule is CC\C=C/N=C(C)/C(=C/CC)[N+](C)(C)C(C)C(C)(C)C. The maximum absolute atomic E-state index is 4.62. The van der Waals surface area contributed by atoms with Crippen molar-refractivity contribution in [2.75, 3.05) is 14.1 Å². The molecule has 0 heterocycles. The molecule has 0 saturated heterocycles. The first-order valence-corrected chi connectivity index (χ1v) is 7.83. The minimum atomic E-state index is 0.260. The van der Waals surface area contributed by atoms with E-state index in [1.165, 1.54) is 5.70 Å². The fraction of sp³-hybridized carbons (Fsp3) is 0.722. The molecule has 1 atom stereocenters. The summed E-state index contributed by atoms with van der Waals surface area (Å²) >= 11 is 0. The Morgan fingerprint density at radius 3 is 2.10 bits per heavy atom. The Kier molecular flexibility index (Phi) is 7.43. The van der Waals surface area contributed by atoms with Crippen molar-refractivity contribution < 1.29 is 4.48 Å². The molecule has 0 spiro atoms. The molecule has 0 fully saturated rings. The summed E-state index contributed by atoms with van der Waals surface area (Å²) in [6.07, 6.45) is 8.42. The van der Waals surface area contributed by atoms with Crippen LogP contribution in [0.1, 0.15) is 61.3 Å². The second kappa shape index (κ2) is 7.78. The summed E-state index contributed by atoms with van der Waals surface area (Å²) in [5, 5.41) is 0. The second-order valence-corrected chi connectivity index (χ2v) is 7.09. The van der Waals surface area contributed by atoms with Crippen molar-refractivity contribution in [2.24, 2.45) is 10.4 Å². The van der Waals surface area contributed by atoms with E-state index in [1.54, 1.807) is 0 Å². The third-order valence-corrected chi connectivity index (χ3v) is 4.22. The first kappa shape index (κ1) is 19.1. The molecule has 2 heteroatoms. The Morgan fingerprint density at radius 2 is 1.70 bits per heavy atom. The normalized spacial score (nSPS) is 16.9. The van der Waals surface area contributed by atoms with Crippen LogP contribution >= 0.6 is 0 Å². The van der Waals surface area contributed by atoms with E-state index in [0.29, 0.717) is 6.04 Å². The van der Waals surface area contributed by atoms with Gasteiger partial charge in [0.15, 0.2) is 0 Å². The highest BCUT2D eigenvalue weighted by Gasteiger charge is 2.38. The zero-order chi connectivity index (χ0) is 16.0. The number of hydrogen-bond donors (Lipinski definition) is 0. The van der Waals surface area contributed by atoms with Crippen LogP contribution in [0.4, 0.5) is 0 Å². The summed E-state index contributed by atoms with van der Waals surface area (Å²) in [6, 6.07) is 0.514. The largest absolute Gasteiger partial charge is 0.292 e. The van der Waals surface area contributed by atoms with Crippen molar-refractivity contribution in [1.82, 2.24) is 0 Å². The number of hydrogen-bond acceptors (Lipinski definition) is 1. The fourth-order valence-corrected chi connectivity index (χ4v) is 2.51. The van der Waals surface area contributed by atoms with E-state index < -0.39 is 0 Å². The van der Waals surface area contributed by atoms with Crippen molar-refractivity contribution in [3.63, 3.8) is 0 Å². The van der Waals surface area contributed by atoms with E-state index in [2.05, 4.69) is 79.7 Å². The van der Waals surface area contributed by atoms with E-state index in [-0.39, 0.29) is 5.41 Å². The molecule has 2 nitrogen and oxygen atoms in total. The third kappa shape index (κ3) is 5.24. The van der Waals surface area contributed by atoms with Gasteiger partial charge in [0, 0.05) is 11.6 Å². The molecule has 0 aromatic heterocycles. The lowest BCUT2D eigenvalue weighted by atomic mass is 9.85. The number of nitrogens with zero attached hydrogens (tertiary/aromatic N) is 2. The lowest BCUT2D eigenvalue weighted by molar-refractivity contribution is -0.879. The summed E-state index contributed by atoms with van der Waals surface area (Å²) in [5.41, 5.74) is 2.71. The molecule has 0 radical (unpaired) electrons. The Hall–Kier alpha value is -0.890. The first-order chi connectivity index (χ1) is 9.08. The highest BCUT2D eigenvalue weighted by molar-refractivity contribution is 5.96. The van der Waals surface area contributed by atoms with Crippen molar-refractivity contribution in [2.45, 2.75) is 67.3 Å². The topological polar surface area (TPSA) is 12.4 Å². The van der Waals surface area contributed by atoms with Crippen LogP contribution in [-0.2, 0) is 0 Å². The van der Waals surface area contributed by atoms with Crippen molar-refractivity contribution in [3.8, 4) is 0 Å². The number of aliphatic imine (C=N–C) groups is 1. The van der Waals surface area contributed by atoms with E-state index in [0.717, 1.165) is 23.0 Å². The maximum Gasteiger partial charge on any atom is 0.150 e. The summed E-state index contributed by atoms with van der Waals surface area (Å²) in [4.78, 5) is 4.62. The van der Waals surface area contributed by atoms with E-state index in [1.807, 2.05) is 6.20 Å². The Labute approximate surface area is 126 Å². The summed E-state index contributed by atoms with van der Waals surface area (Å²) in [7, 11) is 4.58. The number of rotatable bonds is 6. The molecular formula is C18H35N2+. The lowest BCUT2D eigenvalue weighted by Crippen LogP contribution is -2.53. The van der Waals surface area contributed by atoms with Crippen molar-refractivity contribution >= 4 is 5.71 Å². The predicted octanol–water partition coefficient (Wildman–Crippen LogP) is 5.18. The summed E-state index contributed by atoms with van der Waals surface area (Å²) in [5.74, 6) is 0. The molecule has 116 valence electrons. The standard InChI is InChI=1S/C18H35N2/c1-10-12-14-19-15(3)17(13-11-2)20(8,9)16(4)18(5,6)7/h12-14,16H,10-11H2,1-9H3/q+1/b14-12-,17-13-,19-15+. The number of allylic oxidation sites excluding steroid dienone is 3. The highest BCUT2D eigenvalue weighted by Crippen LogP contribution is 2.31. The van der Waals surface area contributed by atoms with Crippen molar-refractivity contribution in [1.29, 1.82) is 0 Å². The second-order valence-electron chi connectivity index (χ2n) is 7.09. The minimum absolute atomic E-state index is 0.260. The third-order valence-electron chi connectivity index (χ3n) is 4.22. The zero-order valence-electron chi connectivity index (χ0n) is 15.1. The fourth-order valence-electron chi connectivity index (χ4n) is 2.51. The molecule has 1 unspecified atom stereocenters. The molecule has 0 aliphatic heterocycles. The summed E-state index contributed by atoms with van der Waals surface area (Å²) in [6.45, 7) is 15.7. The minimum Gasteiger partial charge on any atom is -0.292 e. The first-order valence-electron chi connectivity index (χ1n) is 7.83. The van der Waals surface area contributed by atoms with Gasteiger partial charge < -0.3 is 0 Å². The Morgan fingerprint density at radius 1 is 1.15 bits per heavy atom. The lowest BCUT2D eigenvalue weighted by Gasteiger charge is -2.43. The van der Waals surface area contributed by atoms with Crippen LogP contribution in [-0.4, -0.2) is 30.3 Å². The average Bonchev–Trinajstić information content (AvgIpc) is 2.33. The van der Waals surface area contributed by atoms with Crippen molar-refractivity contribution in [3.05, 3.63) is 24.0 Å². The van der Waals surface area contributed by atoms with Gasteiger partial charge in [-0.05, 0) is 32.8 Å². The molecule has 0 rings (SSSR count). The van der Waals surface area contributed by atoms with Gasteiger partial charge in [-0.15, -0.1) is 0 Å². The van der Waals surface area contributed by atoms with E-state index >= 15 is 0 Å². The van der Waals surface area contributed by atoms with Gasteiger partial charge in [-0.25, -0.2) is 0 Å². The molecule has 0 amide bonds. The smallest absolute Gasteiger partial charge is 0.150 e. The Bertz CT molecular complexity index is 379. The average molecular weight is 279 g/mol. The van der Waals surface area contributed by atoms with Crippen LogP contribution in [0, 0.1) is 5.41 Å². The van der Waals surface area contributed by atoms with Crippen LogP contribution in [0.2, 0.25) is 0 Å². The number of quaternary nitrogens is 1. The van der Waals surface area contributed by atoms with Crippen LogP contribution in [0.15, 0.2) is 29.0 Å². The molecule has 20 heavy (non-hydrogen) atoms. The highest BCUT2D eigenvalue weighted by atomic mass is 15.4. The molecule has 0 bridgehead atoms. The molecule has 0 aliphatic rings. The molecule has 0 aromatic carbocycles. The van der Waals surface area contributed by atoms with Crippen LogP contribution in [0.5, 0.6) is 0 Å². The monoisotopic (exact) mass is 279 g/mol. The molecular weight excluding hydrogens is 244 g/mol. The molecule has 0 N–H and O–H groups in total. The van der Waals surface area contributed by atoms with Crippen LogP contribution < -0.4 is 0 Å². The van der Waals surface area contributed by atoms with Gasteiger partial charge in [0.25, 0.3) is 0 Å². The Balaban J connectivity index is 5.54. The maximum atomic E-state index is 4.62. The summed E-state index contributed by atoms with van der Waals surface area (Å²) < 4.78 is 0.868. The van der Waals surface area contributed by atoms with E-state index in [4.69, 9.17) is 0 Å². The quantitative estimate of drug-likeness (QED) is 0.469. The van der Waals surface area contributed by atoms with Gasteiger partial charge in [0.05, 0.1) is 25.8 Å². The predicted molar refractivity (Wildman–Crippen MR) is 91.9 cm³/mol. The van der Waals surface area contributed by atoms with Gasteiger partial charge >= 0.3 is 0 Å². The van der Waals surface area contributed by atoms with Gasteiger partial charge in [-0.2, -0.15) is 0 Å². The van der Waals surface area contributed by atoms with Gasteiger partial charge in [0.1, 0.15) is 5.70 Å². The van der Waals surface area contributed by atoms with Gasteiger partial charge in [-0.1, -0.05) is 40.7 Å². The van der Waals surface area contributed by atoms with Crippen LogP contribution in [0.3, 0.4) is 0 Å². The van der Waals surface area contributed by atoms with E-state index in [9.17, 15) is 0 Å². The van der Waals surface area contributed by atoms with Gasteiger partial charge in [-0.3, -0.25) is 9.48 Å². The zero-order valence-corrected chi connectivity index (χ0v) is 15.1. The molecule has 0 saturated carbocycles.